The lowest BCUT2D eigenvalue weighted by Gasteiger charge is -1.98. The first-order chi connectivity index (χ1) is 6.63. The second kappa shape index (κ2) is 2.98. The number of nitrogens with zero attached hydrogens (tertiary/aromatic N) is 1. The normalized spacial score (nSPS) is 10.8. The Hall–Kier alpha value is -1.57. The number of hydrogen-bond acceptors (Lipinski definition) is 1. The third-order valence-electron chi connectivity index (χ3n) is 2.77. The van der Waals surface area contributed by atoms with Crippen LogP contribution in [0.2, 0.25) is 0 Å². The number of hydrogen-bond donors (Lipinski definition) is 1. The van der Waals surface area contributed by atoms with Gasteiger partial charge in [0, 0.05) is 34.9 Å². The zero-order valence-electron chi connectivity index (χ0n) is 8.76. The Morgan fingerprint density at radius 2 is 1.93 bits per heavy atom. The number of para-hydroxylation sites is 1. The summed E-state index contributed by atoms with van der Waals surface area (Å²) in [4.78, 5) is 0. The van der Waals surface area contributed by atoms with Crippen molar-refractivity contribution in [2.24, 2.45) is 7.05 Å². The molecule has 2 nitrogen and oxygen atoms in total. The van der Waals surface area contributed by atoms with E-state index in [0.29, 0.717) is 5.71 Å². The number of nitrogens with one attached hydrogen (secondary N) is 1. The molecule has 0 aliphatic heterocycles. The largest absolute Gasteiger partial charge is 0.347 e. The SMILES string of the molecule is CC(=N)c1c(C)n(C)c2ccccc12. The average molecular weight is 186 g/mol. The molecule has 0 amide bonds. The molecule has 2 aromatic rings. The Morgan fingerprint density at radius 3 is 2.57 bits per heavy atom. The molecule has 0 atom stereocenters. The van der Waals surface area contributed by atoms with E-state index in [0.717, 1.165) is 5.56 Å². The average Bonchev–Trinajstić information content (AvgIpc) is 2.41. The van der Waals surface area contributed by atoms with Crippen LogP contribution >= 0.6 is 0 Å². The summed E-state index contributed by atoms with van der Waals surface area (Å²) in [5, 5.41) is 8.94. The van der Waals surface area contributed by atoms with Crippen LogP contribution in [0.15, 0.2) is 24.3 Å². The van der Waals surface area contributed by atoms with Gasteiger partial charge in [-0.25, -0.2) is 0 Å². The predicted octanol–water partition coefficient (Wildman–Crippen LogP) is 2.87. The van der Waals surface area contributed by atoms with Crippen molar-refractivity contribution in [1.29, 1.82) is 5.41 Å². The highest BCUT2D eigenvalue weighted by Crippen LogP contribution is 2.24. The third kappa shape index (κ3) is 1.07. The highest BCUT2D eigenvalue weighted by molar-refractivity contribution is 6.09. The van der Waals surface area contributed by atoms with E-state index in [4.69, 9.17) is 5.41 Å². The van der Waals surface area contributed by atoms with Crippen molar-refractivity contribution in [2.45, 2.75) is 13.8 Å². The lowest BCUT2D eigenvalue weighted by atomic mass is 10.1. The van der Waals surface area contributed by atoms with Gasteiger partial charge in [-0.2, -0.15) is 0 Å². The zero-order chi connectivity index (χ0) is 10.3. The van der Waals surface area contributed by atoms with Gasteiger partial charge < -0.3 is 9.98 Å². The van der Waals surface area contributed by atoms with Gasteiger partial charge in [0.2, 0.25) is 0 Å². The van der Waals surface area contributed by atoms with Gasteiger partial charge in [-0.1, -0.05) is 18.2 Å². The van der Waals surface area contributed by atoms with E-state index in [-0.39, 0.29) is 0 Å². The smallest absolute Gasteiger partial charge is 0.0486 e. The first kappa shape index (κ1) is 9.00. The first-order valence-corrected chi connectivity index (χ1v) is 4.72. The van der Waals surface area contributed by atoms with E-state index in [9.17, 15) is 0 Å². The molecular weight excluding hydrogens is 172 g/mol. The number of aromatic nitrogens is 1. The van der Waals surface area contributed by atoms with Gasteiger partial charge in [-0.3, -0.25) is 0 Å². The van der Waals surface area contributed by atoms with Gasteiger partial charge in [-0.05, 0) is 19.9 Å². The standard InChI is InChI=1S/C12H14N2/c1-8(13)12-9(2)14(3)11-7-5-4-6-10(11)12/h4-7,13H,1-3H3. The Labute approximate surface area is 83.7 Å². The summed E-state index contributed by atoms with van der Waals surface area (Å²) in [5.74, 6) is 0. The second-order valence-corrected chi connectivity index (χ2v) is 3.66. The van der Waals surface area contributed by atoms with Crippen LogP contribution in [0.3, 0.4) is 0 Å². The van der Waals surface area contributed by atoms with Crippen LogP contribution in [0.5, 0.6) is 0 Å². The van der Waals surface area contributed by atoms with Crippen LogP contribution in [-0.2, 0) is 7.05 Å². The van der Waals surface area contributed by atoms with Crippen LogP contribution in [0.1, 0.15) is 18.2 Å². The molecule has 1 heterocycles. The van der Waals surface area contributed by atoms with Crippen molar-refractivity contribution < 1.29 is 0 Å². The number of aryl methyl sites for hydroxylation is 1. The minimum atomic E-state index is 0.638. The van der Waals surface area contributed by atoms with Crippen LogP contribution in [0.4, 0.5) is 0 Å². The zero-order valence-corrected chi connectivity index (χ0v) is 8.76. The molecule has 0 saturated carbocycles. The highest BCUT2D eigenvalue weighted by atomic mass is 14.9. The molecule has 72 valence electrons. The van der Waals surface area contributed by atoms with Gasteiger partial charge in [0.25, 0.3) is 0 Å². The summed E-state index contributed by atoms with van der Waals surface area (Å²) >= 11 is 0. The summed E-state index contributed by atoms with van der Waals surface area (Å²) in [6, 6.07) is 8.23. The minimum Gasteiger partial charge on any atom is -0.347 e. The lowest BCUT2D eigenvalue weighted by molar-refractivity contribution is 0.916. The molecular formula is C12H14N2. The Balaban J connectivity index is 2.95. The maximum absolute atomic E-state index is 7.76. The van der Waals surface area contributed by atoms with Crippen LogP contribution < -0.4 is 0 Å². The molecule has 14 heavy (non-hydrogen) atoms. The van der Waals surface area contributed by atoms with Gasteiger partial charge in [0.1, 0.15) is 0 Å². The summed E-state index contributed by atoms with van der Waals surface area (Å²) in [7, 11) is 2.05. The van der Waals surface area contributed by atoms with E-state index < -0.39 is 0 Å². The summed E-state index contributed by atoms with van der Waals surface area (Å²) in [6.45, 7) is 3.90. The molecule has 0 saturated heterocycles. The summed E-state index contributed by atoms with van der Waals surface area (Å²) in [6.07, 6.45) is 0. The molecule has 0 aliphatic rings. The first-order valence-electron chi connectivity index (χ1n) is 4.72. The molecule has 0 bridgehead atoms. The second-order valence-electron chi connectivity index (χ2n) is 3.66. The fourth-order valence-corrected chi connectivity index (χ4v) is 1.99. The Kier molecular flexibility index (Phi) is 1.92. The van der Waals surface area contributed by atoms with Gasteiger partial charge in [0.05, 0.1) is 0 Å². The fourth-order valence-electron chi connectivity index (χ4n) is 1.99. The predicted molar refractivity (Wildman–Crippen MR) is 60.2 cm³/mol. The molecule has 1 aromatic heterocycles. The van der Waals surface area contributed by atoms with Crippen molar-refractivity contribution in [3.05, 3.63) is 35.5 Å². The van der Waals surface area contributed by atoms with Crippen molar-refractivity contribution in [3.63, 3.8) is 0 Å². The quantitative estimate of drug-likeness (QED) is 0.663. The van der Waals surface area contributed by atoms with E-state index in [1.54, 1.807) is 0 Å². The van der Waals surface area contributed by atoms with Gasteiger partial charge in [-0.15, -0.1) is 0 Å². The van der Waals surface area contributed by atoms with Crippen LogP contribution in [0.25, 0.3) is 10.9 Å². The summed E-state index contributed by atoms with van der Waals surface area (Å²) in [5.41, 5.74) is 4.08. The maximum Gasteiger partial charge on any atom is 0.0486 e. The van der Waals surface area contributed by atoms with Crippen LogP contribution in [-0.4, -0.2) is 10.3 Å². The molecule has 0 unspecified atom stereocenters. The molecule has 0 radical (unpaired) electrons. The topological polar surface area (TPSA) is 28.8 Å². The van der Waals surface area contributed by atoms with Crippen molar-refractivity contribution in [1.82, 2.24) is 4.57 Å². The molecule has 0 spiro atoms. The fraction of sp³-hybridized carbons (Fsp3) is 0.250. The maximum atomic E-state index is 7.76. The highest BCUT2D eigenvalue weighted by Gasteiger charge is 2.11. The van der Waals surface area contributed by atoms with Crippen LogP contribution in [0, 0.1) is 12.3 Å². The molecule has 0 aliphatic carbocycles. The molecule has 2 rings (SSSR count). The molecule has 2 heteroatoms. The number of fused-ring (bicyclic) bond motifs is 1. The van der Waals surface area contributed by atoms with Crippen molar-refractivity contribution in [2.75, 3.05) is 0 Å². The lowest BCUT2D eigenvalue weighted by Crippen LogP contribution is -1.96. The van der Waals surface area contributed by atoms with E-state index in [1.807, 2.05) is 26.1 Å². The van der Waals surface area contributed by atoms with E-state index >= 15 is 0 Å². The van der Waals surface area contributed by atoms with Crippen molar-refractivity contribution in [3.8, 4) is 0 Å². The third-order valence-corrected chi connectivity index (χ3v) is 2.77. The number of rotatable bonds is 1. The van der Waals surface area contributed by atoms with Crippen molar-refractivity contribution >= 4 is 16.6 Å². The van der Waals surface area contributed by atoms with Gasteiger partial charge >= 0.3 is 0 Å². The monoisotopic (exact) mass is 186 g/mol. The molecule has 1 N–H and O–H groups in total. The Morgan fingerprint density at radius 1 is 1.29 bits per heavy atom. The molecule has 0 fully saturated rings. The Bertz CT molecular complexity index is 506. The van der Waals surface area contributed by atoms with E-state index in [2.05, 4.69) is 23.6 Å². The minimum absolute atomic E-state index is 0.638. The van der Waals surface area contributed by atoms with Gasteiger partial charge in [0.15, 0.2) is 0 Å². The molecule has 1 aromatic carbocycles. The summed E-state index contributed by atoms with van der Waals surface area (Å²) < 4.78 is 2.14. The van der Waals surface area contributed by atoms with E-state index in [1.165, 1.54) is 16.6 Å². The number of benzene rings is 1.